The Balaban J connectivity index is 0.933. The van der Waals surface area contributed by atoms with Crippen LogP contribution in [-0.4, -0.2) is 73.5 Å². The van der Waals surface area contributed by atoms with E-state index in [-0.39, 0.29) is 53.7 Å². The lowest BCUT2D eigenvalue weighted by atomic mass is 9.99. The number of carbonyl (C=O) groups is 4. The van der Waals surface area contributed by atoms with Crippen molar-refractivity contribution in [2.24, 2.45) is 0 Å². The lowest BCUT2D eigenvalue weighted by molar-refractivity contribution is -0.120. The van der Waals surface area contributed by atoms with Crippen LogP contribution in [0.15, 0.2) is 91.0 Å². The molecule has 0 aliphatic carbocycles. The molecule has 70 heavy (non-hydrogen) atoms. The number of fused-ring (bicyclic) bond motifs is 8. The van der Waals surface area contributed by atoms with Crippen LogP contribution in [0.4, 0.5) is 22.7 Å². The fourth-order valence-corrected chi connectivity index (χ4v) is 12.8. The summed E-state index contributed by atoms with van der Waals surface area (Å²) in [6.45, 7) is 9.42. The molecule has 0 aromatic heterocycles. The number of amides is 4. The summed E-state index contributed by atoms with van der Waals surface area (Å²) in [5.74, 6) is 1.58. The quantitative estimate of drug-likeness (QED) is 0.0869. The molecule has 4 aliphatic heterocycles. The third-order valence-corrected chi connectivity index (χ3v) is 17.9. The molecule has 12 nitrogen and oxygen atoms in total. The molecule has 5 aromatic carbocycles. The van der Waals surface area contributed by atoms with E-state index in [0.717, 1.165) is 71.4 Å². The van der Waals surface area contributed by atoms with Crippen molar-refractivity contribution in [2.45, 2.75) is 114 Å². The van der Waals surface area contributed by atoms with Gasteiger partial charge in [-0.15, -0.1) is 0 Å². The number of benzene rings is 5. The zero-order valence-corrected chi connectivity index (χ0v) is 42.8. The summed E-state index contributed by atoms with van der Waals surface area (Å²) in [6.07, 6.45) is 5.45. The second-order valence-electron chi connectivity index (χ2n) is 19.7. The Morgan fingerprint density at radius 1 is 0.757 bits per heavy atom. The number of likely N-dealkylation sites (N-methyl/N-ethyl adjacent to an activating group) is 1. The van der Waals surface area contributed by atoms with Crippen molar-refractivity contribution in [1.29, 1.82) is 0 Å². The first-order valence-corrected chi connectivity index (χ1v) is 26.5. The minimum Gasteiger partial charge on any atom is -0.493 e. The van der Waals surface area contributed by atoms with E-state index in [2.05, 4.69) is 48.4 Å². The van der Waals surface area contributed by atoms with Crippen LogP contribution in [0, 0.1) is 6.92 Å². The second-order valence-corrected chi connectivity index (χ2v) is 23.0. The Bertz CT molecular complexity index is 2830. The van der Waals surface area contributed by atoms with Crippen molar-refractivity contribution in [3.63, 3.8) is 0 Å². The van der Waals surface area contributed by atoms with Crippen LogP contribution in [-0.2, 0) is 42.1 Å². The molecule has 0 bridgehead atoms. The first-order valence-electron chi connectivity index (χ1n) is 24.3. The molecule has 14 heteroatoms. The highest BCUT2D eigenvalue weighted by Crippen LogP contribution is 2.44. The predicted molar refractivity (Wildman–Crippen MR) is 282 cm³/mol. The molecule has 0 saturated carbocycles. The van der Waals surface area contributed by atoms with Gasteiger partial charge >= 0.3 is 0 Å². The average Bonchev–Trinajstić information content (AvgIpc) is 3.85. The molecule has 0 radical (unpaired) electrons. The lowest BCUT2D eigenvalue weighted by Crippen LogP contribution is -2.41. The molecule has 4 aliphatic rings. The first-order chi connectivity index (χ1) is 33.7. The standard InChI is InChI=1S/C56H63N5O7S2/c1-34-22-45-48(59(6)31-43-27-40-13-9-11-15-47(40)61(43)55(45)65)30-49(34)67-32-36-23-37(25-41(24-36)58-53(63)20-21-56(3,4)70-69-35(2)16-19-52(62)57-5)33-68-51-28-38-17-18-42-26-39-12-8-10-14-46(39)60(42)54(64)44(38)29-50(51)66-7/h8-15,22-25,28-30,35,42-43H,16-21,26-27,31-33H2,1-7H3,(H,57,62)(H,58,63)/t35?,42-,43+/m1/s1. The highest BCUT2D eigenvalue weighted by Gasteiger charge is 2.40. The average molecular weight is 982 g/mol. The molecule has 1 unspecified atom stereocenters. The van der Waals surface area contributed by atoms with Crippen LogP contribution in [0.1, 0.15) is 107 Å². The van der Waals surface area contributed by atoms with Gasteiger partial charge in [-0.1, -0.05) is 64.9 Å². The Labute approximate surface area is 419 Å². The van der Waals surface area contributed by atoms with E-state index < -0.39 is 0 Å². The van der Waals surface area contributed by atoms with Crippen LogP contribution >= 0.6 is 21.6 Å². The molecule has 0 fully saturated rings. The molecule has 0 spiro atoms. The summed E-state index contributed by atoms with van der Waals surface area (Å²) in [6, 6.07) is 30.0. The van der Waals surface area contributed by atoms with Gasteiger partial charge in [-0.3, -0.25) is 19.2 Å². The van der Waals surface area contributed by atoms with Crippen LogP contribution in [0.2, 0.25) is 0 Å². The van der Waals surface area contributed by atoms with Crippen LogP contribution in [0.5, 0.6) is 17.2 Å². The molecule has 2 N–H and O–H groups in total. The number of carbonyl (C=O) groups excluding carboxylic acids is 4. The SMILES string of the molecule is CNC(=O)CCC(C)SSC(C)(C)CCC(=O)Nc1cc(COc2cc3c(cc2C)C(=O)N2c4ccccc4C[C@H]2CN3C)cc(COc2cc3c(cc2OC)C(=O)N2c4ccccc4C[C@H]2CC3)c1. The summed E-state index contributed by atoms with van der Waals surface area (Å²) in [4.78, 5) is 59.9. The summed E-state index contributed by atoms with van der Waals surface area (Å²) >= 11 is 0. The van der Waals surface area contributed by atoms with Gasteiger partial charge in [-0.05, 0) is 141 Å². The van der Waals surface area contributed by atoms with Crippen LogP contribution < -0.4 is 39.5 Å². The zero-order chi connectivity index (χ0) is 49.3. The van der Waals surface area contributed by atoms with Gasteiger partial charge in [0.25, 0.3) is 11.8 Å². The van der Waals surface area contributed by atoms with E-state index >= 15 is 0 Å². The van der Waals surface area contributed by atoms with E-state index in [1.807, 2.05) is 103 Å². The van der Waals surface area contributed by atoms with Gasteiger partial charge in [-0.2, -0.15) is 0 Å². The van der Waals surface area contributed by atoms with Crippen molar-refractivity contribution >= 4 is 68.0 Å². The molecular weight excluding hydrogens is 919 g/mol. The predicted octanol–water partition coefficient (Wildman–Crippen LogP) is 10.5. The van der Waals surface area contributed by atoms with Gasteiger partial charge in [0.1, 0.15) is 19.0 Å². The maximum absolute atomic E-state index is 14.2. The number of hydrogen-bond acceptors (Lipinski definition) is 10. The monoisotopic (exact) mass is 981 g/mol. The summed E-state index contributed by atoms with van der Waals surface area (Å²) in [5, 5.41) is 6.15. The molecule has 4 heterocycles. The van der Waals surface area contributed by atoms with Crippen molar-refractivity contribution in [2.75, 3.05) is 47.8 Å². The van der Waals surface area contributed by atoms with Crippen molar-refractivity contribution in [1.82, 2.24) is 5.32 Å². The number of aryl methyl sites for hydroxylation is 2. The summed E-state index contributed by atoms with van der Waals surface area (Å²) in [7, 11) is 8.78. The smallest absolute Gasteiger partial charge is 0.260 e. The molecule has 0 saturated heterocycles. The van der Waals surface area contributed by atoms with Gasteiger partial charge < -0.3 is 39.5 Å². The maximum atomic E-state index is 14.2. The van der Waals surface area contributed by atoms with Crippen molar-refractivity contribution in [3.8, 4) is 17.2 Å². The van der Waals surface area contributed by atoms with Gasteiger partial charge in [0.2, 0.25) is 11.8 Å². The zero-order valence-electron chi connectivity index (χ0n) is 41.2. The number of hydrogen-bond donors (Lipinski definition) is 2. The number of methoxy groups -OCH3 is 1. The highest BCUT2D eigenvalue weighted by atomic mass is 33.1. The Morgan fingerprint density at radius 2 is 1.40 bits per heavy atom. The van der Waals surface area contributed by atoms with E-state index in [4.69, 9.17) is 14.2 Å². The minimum absolute atomic E-state index is 0.00554. The molecule has 9 rings (SSSR count). The van der Waals surface area contributed by atoms with Crippen molar-refractivity contribution < 1.29 is 33.4 Å². The lowest BCUT2D eigenvalue weighted by Gasteiger charge is -2.25. The number of nitrogens with zero attached hydrogens (tertiary/aromatic N) is 3. The van der Waals surface area contributed by atoms with Crippen LogP contribution in [0.25, 0.3) is 0 Å². The topological polar surface area (TPSA) is 130 Å². The Kier molecular flexibility index (Phi) is 14.4. The number of rotatable bonds is 17. The number of anilines is 4. The fourth-order valence-electron chi connectivity index (χ4n) is 10.2. The van der Waals surface area contributed by atoms with Crippen molar-refractivity contribution in [3.05, 3.63) is 136 Å². The Hall–Kier alpha value is -6.12. The van der Waals surface area contributed by atoms with Gasteiger partial charge in [0, 0.05) is 78.2 Å². The first kappa shape index (κ1) is 48.9. The van der Waals surface area contributed by atoms with Gasteiger partial charge in [-0.25, -0.2) is 0 Å². The largest absolute Gasteiger partial charge is 0.493 e. The molecule has 3 atom stereocenters. The maximum Gasteiger partial charge on any atom is 0.260 e. The van der Waals surface area contributed by atoms with Gasteiger partial charge in [0.15, 0.2) is 11.5 Å². The fraction of sp³-hybridized carbons (Fsp3) is 0.393. The molecule has 366 valence electrons. The summed E-state index contributed by atoms with van der Waals surface area (Å²) < 4.78 is 18.8. The third-order valence-electron chi connectivity index (χ3n) is 13.9. The third kappa shape index (κ3) is 10.5. The van der Waals surface area contributed by atoms with Crippen LogP contribution in [0.3, 0.4) is 0 Å². The summed E-state index contributed by atoms with van der Waals surface area (Å²) in [5.41, 5.74) is 10.5. The van der Waals surface area contributed by atoms with E-state index in [1.165, 1.54) is 11.1 Å². The second kappa shape index (κ2) is 20.7. The van der Waals surface area contributed by atoms with Gasteiger partial charge in [0.05, 0.1) is 24.4 Å². The Morgan fingerprint density at radius 3 is 2.09 bits per heavy atom. The van der Waals surface area contributed by atoms with E-state index in [9.17, 15) is 19.2 Å². The number of ether oxygens (including phenoxy) is 3. The number of nitrogens with one attached hydrogen (secondary N) is 2. The molecule has 4 amide bonds. The number of para-hydroxylation sites is 2. The molecular formula is C56H63N5O7S2. The normalized spacial score (nSPS) is 17.3. The minimum atomic E-state index is -0.179. The van der Waals surface area contributed by atoms with E-state index in [0.29, 0.717) is 65.1 Å². The molecule has 5 aromatic rings. The van der Waals surface area contributed by atoms with E-state index in [1.54, 1.807) is 35.7 Å². The highest BCUT2D eigenvalue weighted by molar-refractivity contribution is 8.77.